The Morgan fingerprint density at radius 1 is 1.22 bits per heavy atom. The van der Waals surface area contributed by atoms with Crippen LogP contribution in [-0.4, -0.2) is 4.57 Å². The van der Waals surface area contributed by atoms with Gasteiger partial charge in [-0.3, -0.25) is 0 Å². The second-order valence-corrected chi connectivity index (χ2v) is 5.59. The van der Waals surface area contributed by atoms with E-state index in [9.17, 15) is 0 Å². The zero-order valence-electron chi connectivity index (χ0n) is 10.5. The van der Waals surface area contributed by atoms with Gasteiger partial charge >= 0.3 is 0 Å². The van der Waals surface area contributed by atoms with Gasteiger partial charge in [-0.15, -0.1) is 0 Å². The van der Waals surface area contributed by atoms with Gasteiger partial charge in [0, 0.05) is 23.3 Å². The number of benzene rings is 1. The van der Waals surface area contributed by atoms with Crippen LogP contribution in [0.5, 0.6) is 0 Å². The van der Waals surface area contributed by atoms with Gasteiger partial charge in [0.15, 0.2) is 0 Å². The SMILES string of the molecule is Clc1ccc2ccn(CCC3CC=CCC3)c2c1. The van der Waals surface area contributed by atoms with Crippen LogP contribution in [0.3, 0.4) is 0 Å². The number of fused-ring (bicyclic) bond motifs is 1. The van der Waals surface area contributed by atoms with E-state index in [0.717, 1.165) is 17.5 Å². The summed E-state index contributed by atoms with van der Waals surface area (Å²) >= 11 is 6.07. The van der Waals surface area contributed by atoms with Gasteiger partial charge in [0.25, 0.3) is 0 Å². The first-order chi connectivity index (χ1) is 8.83. The lowest BCUT2D eigenvalue weighted by Crippen LogP contribution is -2.07. The number of aryl methyl sites for hydroxylation is 1. The molecule has 0 saturated heterocycles. The van der Waals surface area contributed by atoms with Crippen LogP contribution in [0.4, 0.5) is 0 Å². The molecule has 0 fully saturated rings. The van der Waals surface area contributed by atoms with Gasteiger partial charge in [0.1, 0.15) is 0 Å². The molecule has 0 spiro atoms. The first-order valence-electron chi connectivity index (χ1n) is 6.72. The molecule has 3 rings (SSSR count). The van der Waals surface area contributed by atoms with E-state index >= 15 is 0 Å². The first-order valence-corrected chi connectivity index (χ1v) is 7.10. The first kappa shape index (κ1) is 11.9. The molecule has 0 saturated carbocycles. The van der Waals surface area contributed by atoms with Gasteiger partial charge in [0.2, 0.25) is 0 Å². The van der Waals surface area contributed by atoms with E-state index in [-0.39, 0.29) is 0 Å². The summed E-state index contributed by atoms with van der Waals surface area (Å²) in [5.41, 5.74) is 1.26. The standard InChI is InChI=1S/C16H18ClN/c17-15-7-6-14-9-11-18(16(14)12-15)10-8-13-4-2-1-3-5-13/h1-2,6-7,9,11-13H,3-5,8,10H2. The number of rotatable bonds is 3. The number of nitrogens with zero attached hydrogens (tertiary/aromatic N) is 1. The maximum absolute atomic E-state index is 6.07. The predicted molar refractivity (Wildman–Crippen MR) is 78.0 cm³/mol. The van der Waals surface area contributed by atoms with E-state index in [1.807, 2.05) is 6.07 Å². The van der Waals surface area contributed by atoms with Crippen molar-refractivity contribution in [2.24, 2.45) is 5.92 Å². The second kappa shape index (κ2) is 5.19. The largest absolute Gasteiger partial charge is 0.347 e. The molecule has 2 heteroatoms. The molecule has 1 aliphatic carbocycles. The van der Waals surface area contributed by atoms with Crippen LogP contribution < -0.4 is 0 Å². The molecule has 1 nitrogen and oxygen atoms in total. The average molecular weight is 260 g/mol. The third-order valence-electron chi connectivity index (χ3n) is 3.89. The monoisotopic (exact) mass is 259 g/mol. The lowest BCUT2D eigenvalue weighted by Gasteiger charge is -2.18. The molecule has 1 unspecified atom stereocenters. The van der Waals surface area contributed by atoms with Crippen molar-refractivity contribution in [2.75, 3.05) is 0 Å². The summed E-state index contributed by atoms with van der Waals surface area (Å²) in [5, 5.41) is 2.10. The predicted octanol–water partition coefficient (Wildman–Crippen LogP) is 5.04. The van der Waals surface area contributed by atoms with Crippen LogP contribution >= 0.6 is 11.6 Å². The average Bonchev–Trinajstić information content (AvgIpc) is 2.80. The smallest absolute Gasteiger partial charge is 0.0495 e. The minimum Gasteiger partial charge on any atom is -0.347 e. The van der Waals surface area contributed by atoms with Crippen molar-refractivity contribution in [1.82, 2.24) is 4.57 Å². The van der Waals surface area contributed by atoms with Crippen molar-refractivity contribution >= 4 is 22.5 Å². The molecule has 2 aromatic rings. The van der Waals surface area contributed by atoms with Gasteiger partial charge in [0.05, 0.1) is 0 Å². The molecular formula is C16H18ClN. The van der Waals surface area contributed by atoms with Crippen molar-refractivity contribution in [1.29, 1.82) is 0 Å². The quantitative estimate of drug-likeness (QED) is 0.681. The summed E-state index contributed by atoms with van der Waals surface area (Å²) in [6.45, 7) is 1.10. The Bertz CT molecular complexity index is 567. The van der Waals surface area contributed by atoms with Crippen LogP contribution in [0.15, 0.2) is 42.6 Å². The van der Waals surface area contributed by atoms with Gasteiger partial charge in [-0.25, -0.2) is 0 Å². The number of halogens is 1. The molecule has 1 atom stereocenters. The van der Waals surface area contributed by atoms with Crippen LogP contribution in [0, 0.1) is 5.92 Å². The fourth-order valence-electron chi connectivity index (χ4n) is 2.79. The number of allylic oxidation sites excluding steroid dienone is 2. The van der Waals surface area contributed by atoms with Gasteiger partial charge < -0.3 is 4.57 Å². The van der Waals surface area contributed by atoms with Gasteiger partial charge in [-0.2, -0.15) is 0 Å². The van der Waals surface area contributed by atoms with Crippen LogP contribution in [0.2, 0.25) is 5.02 Å². The summed E-state index contributed by atoms with van der Waals surface area (Å²) in [7, 11) is 0. The van der Waals surface area contributed by atoms with Crippen LogP contribution in [0.1, 0.15) is 25.7 Å². The highest BCUT2D eigenvalue weighted by molar-refractivity contribution is 6.31. The maximum atomic E-state index is 6.07. The van der Waals surface area contributed by atoms with Crippen molar-refractivity contribution < 1.29 is 0 Å². The molecule has 1 heterocycles. The Labute approximate surface area is 113 Å². The normalized spacial score (nSPS) is 19.5. The van der Waals surface area contributed by atoms with Gasteiger partial charge in [-0.1, -0.05) is 29.8 Å². The maximum Gasteiger partial charge on any atom is 0.0495 e. The molecule has 0 N–H and O–H groups in total. The molecule has 1 aromatic carbocycles. The molecule has 1 aliphatic rings. The molecule has 94 valence electrons. The van der Waals surface area contributed by atoms with Crippen molar-refractivity contribution in [3.63, 3.8) is 0 Å². The Hall–Kier alpha value is -1.21. The number of hydrogen-bond donors (Lipinski definition) is 0. The van der Waals surface area contributed by atoms with E-state index in [2.05, 4.69) is 41.1 Å². The Balaban J connectivity index is 1.74. The van der Waals surface area contributed by atoms with Crippen LogP contribution in [0.25, 0.3) is 10.9 Å². The van der Waals surface area contributed by atoms with Gasteiger partial charge in [-0.05, 0) is 55.2 Å². The molecule has 0 aliphatic heterocycles. The number of aromatic nitrogens is 1. The lowest BCUT2D eigenvalue weighted by molar-refractivity contribution is 0.417. The summed E-state index contributed by atoms with van der Waals surface area (Å²) in [6, 6.07) is 8.29. The third kappa shape index (κ3) is 2.46. The van der Waals surface area contributed by atoms with E-state index in [1.165, 1.54) is 36.6 Å². The fourth-order valence-corrected chi connectivity index (χ4v) is 2.96. The third-order valence-corrected chi connectivity index (χ3v) is 4.13. The van der Waals surface area contributed by atoms with Crippen molar-refractivity contribution in [2.45, 2.75) is 32.2 Å². The fraction of sp³-hybridized carbons (Fsp3) is 0.375. The zero-order chi connectivity index (χ0) is 12.4. The van der Waals surface area contributed by atoms with E-state index < -0.39 is 0 Å². The second-order valence-electron chi connectivity index (χ2n) is 5.15. The summed E-state index contributed by atoms with van der Waals surface area (Å²) in [6.07, 6.45) is 11.9. The molecule has 0 radical (unpaired) electrons. The van der Waals surface area contributed by atoms with Crippen LogP contribution in [-0.2, 0) is 6.54 Å². The summed E-state index contributed by atoms with van der Waals surface area (Å²) in [5.74, 6) is 0.853. The molecular weight excluding hydrogens is 242 g/mol. The summed E-state index contributed by atoms with van der Waals surface area (Å²) < 4.78 is 2.33. The van der Waals surface area contributed by atoms with E-state index in [1.54, 1.807) is 0 Å². The Morgan fingerprint density at radius 2 is 2.17 bits per heavy atom. The zero-order valence-corrected chi connectivity index (χ0v) is 11.2. The molecule has 18 heavy (non-hydrogen) atoms. The Morgan fingerprint density at radius 3 is 3.00 bits per heavy atom. The highest BCUT2D eigenvalue weighted by atomic mass is 35.5. The minimum absolute atomic E-state index is 0.822. The number of hydrogen-bond acceptors (Lipinski definition) is 0. The highest BCUT2D eigenvalue weighted by Crippen LogP contribution is 2.25. The molecule has 0 bridgehead atoms. The highest BCUT2D eigenvalue weighted by Gasteiger charge is 2.10. The summed E-state index contributed by atoms with van der Waals surface area (Å²) in [4.78, 5) is 0. The lowest BCUT2D eigenvalue weighted by atomic mass is 9.91. The van der Waals surface area contributed by atoms with Crippen molar-refractivity contribution in [3.8, 4) is 0 Å². The van der Waals surface area contributed by atoms with E-state index in [0.29, 0.717) is 0 Å². The molecule has 0 amide bonds. The van der Waals surface area contributed by atoms with Crippen molar-refractivity contribution in [3.05, 3.63) is 47.6 Å². The topological polar surface area (TPSA) is 4.93 Å². The molecule has 1 aromatic heterocycles. The Kier molecular flexibility index (Phi) is 3.42. The minimum atomic E-state index is 0.822. The van der Waals surface area contributed by atoms with E-state index in [4.69, 9.17) is 11.6 Å².